The van der Waals surface area contributed by atoms with E-state index in [4.69, 9.17) is 4.74 Å². The SMILES string of the molecule is Cc1ccccc1OCC(=O)N(C)c1ccccc1C(=O)NCCc1ccccc1. The number of amides is 2. The Morgan fingerprint density at radius 2 is 1.57 bits per heavy atom. The Kier molecular flexibility index (Phi) is 7.22. The van der Waals surface area contributed by atoms with Gasteiger partial charge in [0, 0.05) is 13.6 Å². The van der Waals surface area contributed by atoms with E-state index in [1.165, 1.54) is 4.90 Å². The highest BCUT2D eigenvalue weighted by Gasteiger charge is 2.19. The van der Waals surface area contributed by atoms with Gasteiger partial charge in [0.05, 0.1) is 11.3 Å². The Morgan fingerprint density at radius 3 is 2.33 bits per heavy atom. The summed E-state index contributed by atoms with van der Waals surface area (Å²) in [5.41, 5.74) is 3.13. The van der Waals surface area contributed by atoms with Crippen LogP contribution in [-0.2, 0) is 11.2 Å². The molecule has 2 amide bonds. The van der Waals surface area contributed by atoms with Gasteiger partial charge >= 0.3 is 0 Å². The first-order valence-electron chi connectivity index (χ1n) is 9.92. The zero-order valence-corrected chi connectivity index (χ0v) is 17.3. The van der Waals surface area contributed by atoms with Gasteiger partial charge in [-0.1, -0.05) is 60.7 Å². The number of hydrogen-bond donors (Lipinski definition) is 1. The molecule has 0 radical (unpaired) electrons. The maximum Gasteiger partial charge on any atom is 0.264 e. The van der Waals surface area contributed by atoms with Crippen molar-refractivity contribution in [1.82, 2.24) is 5.32 Å². The Hall–Kier alpha value is -3.60. The fourth-order valence-corrected chi connectivity index (χ4v) is 3.11. The van der Waals surface area contributed by atoms with Crippen molar-refractivity contribution in [2.75, 3.05) is 25.1 Å². The predicted octanol–water partition coefficient (Wildman–Crippen LogP) is 4.01. The number of likely N-dealkylation sites (N-methyl/N-ethyl adjacent to an activating group) is 1. The summed E-state index contributed by atoms with van der Waals surface area (Å²) in [5, 5.41) is 2.94. The van der Waals surface area contributed by atoms with E-state index in [1.54, 1.807) is 25.2 Å². The number of nitrogens with one attached hydrogen (secondary N) is 1. The molecule has 3 aromatic carbocycles. The van der Waals surface area contributed by atoms with Gasteiger partial charge in [0.25, 0.3) is 11.8 Å². The Morgan fingerprint density at radius 1 is 0.900 bits per heavy atom. The van der Waals surface area contributed by atoms with Gasteiger partial charge in [-0.3, -0.25) is 9.59 Å². The van der Waals surface area contributed by atoms with Gasteiger partial charge in [-0.2, -0.15) is 0 Å². The third kappa shape index (κ3) is 5.47. The molecule has 0 saturated carbocycles. The van der Waals surface area contributed by atoms with Crippen molar-refractivity contribution in [2.45, 2.75) is 13.3 Å². The molecule has 0 aliphatic rings. The number of benzene rings is 3. The summed E-state index contributed by atoms with van der Waals surface area (Å²) in [6.45, 7) is 2.34. The number of nitrogens with zero attached hydrogens (tertiary/aromatic N) is 1. The van der Waals surface area contributed by atoms with Crippen LogP contribution >= 0.6 is 0 Å². The minimum Gasteiger partial charge on any atom is -0.483 e. The van der Waals surface area contributed by atoms with Crippen LogP contribution in [0.4, 0.5) is 5.69 Å². The maximum atomic E-state index is 12.7. The maximum absolute atomic E-state index is 12.7. The molecular weight excluding hydrogens is 376 g/mol. The Labute approximate surface area is 177 Å². The van der Waals surface area contributed by atoms with Crippen LogP contribution in [0.25, 0.3) is 0 Å². The topological polar surface area (TPSA) is 58.6 Å². The van der Waals surface area contributed by atoms with Crippen LogP contribution in [0.2, 0.25) is 0 Å². The normalized spacial score (nSPS) is 10.3. The summed E-state index contributed by atoms with van der Waals surface area (Å²) in [5.74, 6) is 0.231. The highest BCUT2D eigenvalue weighted by atomic mass is 16.5. The number of carbonyl (C=O) groups is 2. The molecule has 3 rings (SSSR count). The second-order valence-electron chi connectivity index (χ2n) is 7.02. The highest BCUT2D eigenvalue weighted by molar-refractivity contribution is 6.04. The summed E-state index contributed by atoms with van der Waals surface area (Å²) in [6, 6.07) is 24.6. The van der Waals surface area contributed by atoms with Crippen LogP contribution in [0, 0.1) is 6.92 Å². The zero-order valence-electron chi connectivity index (χ0n) is 17.3. The first kappa shape index (κ1) is 21.1. The monoisotopic (exact) mass is 402 g/mol. The smallest absolute Gasteiger partial charge is 0.264 e. The molecule has 0 aromatic heterocycles. The molecule has 0 saturated heterocycles. The average molecular weight is 402 g/mol. The summed E-state index contributed by atoms with van der Waals surface area (Å²) < 4.78 is 5.66. The lowest BCUT2D eigenvalue weighted by Gasteiger charge is -2.21. The molecule has 154 valence electrons. The number of aryl methyl sites for hydroxylation is 1. The number of para-hydroxylation sites is 2. The van der Waals surface area contributed by atoms with Gasteiger partial charge < -0.3 is 15.0 Å². The summed E-state index contributed by atoms with van der Waals surface area (Å²) >= 11 is 0. The quantitative estimate of drug-likeness (QED) is 0.619. The highest BCUT2D eigenvalue weighted by Crippen LogP contribution is 2.20. The molecule has 0 fully saturated rings. The van der Waals surface area contributed by atoms with Gasteiger partial charge in [-0.25, -0.2) is 0 Å². The van der Waals surface area contributed by atoms with E-state index >= 15 is 0 Å². The van der Waals surface area contributed by atoms with Crippen LogP contribution in [0.15, 0.2) is 78.9 Å². The Bertz CT molecular complexity index is 1000. The molecule has 0 aliphatic carbocycles. The van der Waals surface area contributed by atoms with Crippen molar-refractivity contribution >= 4 is 17.5 Å². The summed E-state index contributed by atoms with van der Waals surface area (Å²) in [7, 11) is 1.65. The molecule has 0 unspecified atom stereocenters. The summed E-state index contributed by atoms with van der Waals surface area (Å²) in [6.07, 6.45) is 0.744. The van der Waals surface area contributed by atoms with Gasteiger partial charge in [-0.05, 0) is 42.7 Å². The lowest BCUT2D eigenvalue weighted by atomic mass is 10.1. The van der Waals surface area contributed by atoms with Gasteiger partial charge in [0.1, 0.15) is 5.75 Å². The van der Waals surface area contributed by atoms with Crippen LogP contribution in [-0.4, -0.2) is 32.0 Å². The molecule has 0 bridgehead atoms. The van der Waals surface area contributed by atoms with Crippen molar-refractivity contribution in [1.29, 1.82) is 0 Å². The third-order valence-corrected chi connectivity index (χ3v) is 4.87. The second-order valence-corrected chi connectivity index (χ2v) is 7.02. The van der Waals surface area contributed by atoms with Crippen molar-refractivity contribution in [3.63, 3.8) is 0 Å². The van der Waals surface area contributed by atoms with Crippen molar-refractivity contribution in [3.8, 4) is 5.75 Å². The average Bonchev–Trinajstić information content (AvgIpc) is 2.78. The summed E-state index contributed by atoms with van der Waals surface area (Å²) in [4.78, 5) is 26.9. The van der Waals surface area contributed by atoms with Gasteiger partial charge in [-0.15, -0.1) is 0 Å². The second kappa shape index (κ2) is 10.3. The lowest BCUT2D eigenvalue weighted by Crippen LogP contribution is -2.34. The first-order chi connectivity index (χ1) is 14.6. The van der Waals surface area contributed by atoms with E-state index in [-0.39, 0.29) is 18.4 Å². The minimum absolute atomic E-state index is 0.106. The molecular formula is C25H26N2O3. The molecule has 3 aromatic rings. The standard InChI is InChI=1S/C25H26N2O3/c1-19-10-6-9-15-23(19)30-18-24(28)27(2)22-14-8-7-13-21(22)25(29)26-17-16-20-11-4-3-5-12-20/h3-15H,16-18H2,1-2H3,(H,26,29). The van der Waals surface area contributed by atoms with Crippen LogP contribution in [0.1, 0.15) is 21.5 Å². The molecule has 0 heterocycles. The molecule has 0 atom stereocenters. The fraction of sp³-hybridized carbons (Fsp3) is 0.200. The largest absolute Gasteiger partial charge is 0.483 e. The molecule has 0 aliphatic heterocycles. The Balaban J connectivity index is 1.62. The third-order valence-electron chi connectivity index (χ3n) is 4.87. The van der Waals surface area contributed by atoms with E-state index in [0.29, 0.717) is 23.5 Å². The van der Waals surface area contributed by atoms with E-state index in [9.17, 15) is 9.59 Å². The van der Waals surface area contributed by atoms with Crippen molar-refractivity contribution in [2.24, 2.45) is 0 Å². The van der Waals surface area contributed by atoms with E-state index in [2.05, 4.69) is 5.32 Å². The van der Waals surface area contributed by atoms with Crippen LogP contribution < -0.4 is 15.0 Å². The number of carbonyl (C=O) groups excluding carboxylic acids is 2. The molecule has 5 nitrogen and oxygen atoms in total. The molecule has 30 heavy (non-hydrogen) atoms. The zero-order chi connectivity index (χ0) is 21.3. The number of rotatable bonds is 8. The number of anilines is 1. The van der Waals surface area contributed by atoms with Gasteiger partial charge in [0.15, 0.2) is 6.61 Å². The molecule has 1 N–H and O–H groups in total. The van der Waals surface area contributed by atoms with Crippen molar-refractivity contribution < 1.29 is 14.3 Å². The lowest BCUT2D eigenvalue weighted by molar-refractivity contribution is -0.120. The van der Waals surface area contributed by atoms with E-state index in [1.807, 2.05) is 67.6 Å². The number of hydrogen-bond acceptors (Lipinski definition) is 3. The number of ether oxygens (including phenoxy) is 1. The van der Waals surface area contributed by atoms with Gasteiger partial charge in [0.2, 0.25) is 0 Å². The molecule has 5 heteroatoms. The van der Waals surface area contributed by atoms with Crippen molar-refractivity contribution in [3.05, 3.63) is 95.6 Å². The van der Waals surface area contributed by atoms with Crippen LogP contribution in [0.5, 0.6) is 5.75 Å². The molecule has 0 spiro atoms. The van der Waals surface area contributed by atoms with Crippen LogP contribution in [0.3, 0.4) is 0 Å². The minimum atomic E-state index is -0.234. The fourth-order valence-electron chi connectivity index (χ4n) is 3.11. The predicted molar refractivity (Wildman–Crippen MR) is 119 cm³/mol. The van der Waals surface area contributed by atoms with E-state index in [0.717, 1.165) is 17.5 Å². The first-order valence-corrected chi connectivity index (χ1v) is 9.92. The van der Waals surface area contributed by atoms with E-state index < -0.39 is 0 Å².